The van der Waals surface area contributed by atoms with Crippen molar-refractivity contribution in [2.75, 3.05) is 44.8 Å². The summed E-state index contributed by atoms with van der Waals surface area (Å²) < 4.78 is 11.0. The van der Waals surface area contributed by atoms with Gasteiger partial charge in [0.2, 0.25) is 0 Å². The number of hydrogen-bond donors (Lipinski definition) is 2. The molecule has 0 aliphatic carbocycles. The van der Waals surface area contributed by atoms with Crippen LogP contribution in [0, 0.1) is 0 Å². The predicted molar refractivity (Wildman–Crippen MR) is 97.9 cm³/mol. The van der Waals surface area contributed by atoms with Crippen molar-refractivity contribution in [1.29, 1.82) is 0 Å². The van der Waals surface area contributed by atoms with E-state index in [1.54, 1.807) is 0 Å². The Morgan fingerprint density at radius 2 is 2.00 bits per heavy atom. The van der Waals surface area contributed by atoms with Crippen LogP contribution in [-0.2, 0) is 9.47 Å². The quantitative estimate of drug-likeness (QED) is 0.831. The lowest BCUT2D eigenvalue weighted by Gasteiger charge is -2.32. The summed E-state index contributed by atoms with van der Waals surface area (Å²) in [5.41, 5.74) is 2.07. The highest BCUT2D eigenvalue weighted by Crippen LogP contribution is 2.22. The molecule has 2 aliphatic heterocycles. The van der Waals surface area contributed by atoms with Crippen LogP contribution in [0.5, 0.6) is 0 Å². The number of rotatable bonds is 6. The van der Waals surface area contributed by atoms with Gasteiger partial charge in [0.15, 0.2) is 0 Å². The van der Waals surface area contributed by atoms with Crippen LogP contribution in [-0.4, -0.2) is 56.5 Å². The molecule has 2 fully saturated rings. The minimum atomic E-state index is -0.160. The van der Waals surface area contributed by atoms with Crippen LogP contribution in [0.1, 0.15) is 37.8 Å². The van der Waals surface area contributed by atoms with Gasteiger partial charge in [-0.25, -0.2) is 4.79 Å². The first-order chi connectivity index (χ1) is 12.2. The predicted octanol–water partition coefficient (Wildman–Crippen LogP) is 2.77. The van der Waals surface area contributed by atoms with E-state index >= 15 is 0 Å². The van der Waals surface area contributed by atoms with Gasteiger partial charge < -0.3 is 20.1 Å². The first-order valence-corrected chi connectivity index (χ1v) is 9.30. The molecule has 2 aliphatic rings. The summed E-state index contributed by atoms with van der Waals surface area (Å²) in [4.78, 5) is 14.4. The van der Waals surface area contributed by atoms with Crippen molar-refractivity contribution in [2.24, 2.45) is 0 Å². The third-order valence-electron chi connectivity index (χ3n) is 5.02. The molecule has 1 aromatic rings. The van der Waals surface area contributed by atoms with E-state index in [0.717, 1.165) is 57.9 Å². The number of benzene rings is 1. The molecule has 2 atom stereocenters. The van der Waals surface area contributed by atoms with Crippen LogP contribution in [0.25, 0.3) is 0 Å². The molecule has 0 radical (unpaired) electrons. The van der Waals surface area contributed by atoms with Crippen LogP contribution in [0.2, 0.25) is 0 Å². The Labute approximate surface area is 149 Å². The number of amides is 2. The van der Waals surface area contributed by atoms with Gasteiger partial charge in [0.05, 0.1) is 19.3 Å². The van der Waals surface area contributed by atoms with Crippen LogP contribution in [0.4, 0.5) is 10.5 Å². The number of urea groups is 1. The van der Waals surface area contributed by atoms with E-state index in [-0.39, 0.29) is 6.03 Å². The van der Waals surface area contributed by atoms with Crippen LogP contribution in [0.3, 0.4) is 0 Å². The zero-order chi connectivity index (χ0) is 17.5. The summed E-state index contributed by atoms with van der Waals surface area (Å²) in [6.07, 6.45) is 3.42. The third-order valence-corrected chi connectivity index (χ3v) is 5.02. The first-order valence-electron chi connectivity index (χ1n) is 9.30. The van der Waals surface area contributed by atoms with E-state index in [2.05, 4.69) is 34.6 Å². The highest BCUT2D eigenvalue weighted by atomic mass is 16.5. The molecule has 2 amide bonds. The molecule has 0 aromatic heterocycles. The van der Waals surface area contributed by atoms with E-state index in [1.165, 1.54) is 5.56 Å². The number of nitrogens with one attached hydrogen (secondary N) is 2. The lowest BCUT2D eigenvalue weighted by molar-refractivity contribution is 0.0198. The van der Waals surface area contributed by atoms with Gasteiger partial charge in [0.1, 0.15) is 0 Å². The van der Waals surface area contributed by atoms with Crippen LogP contribution >= 0.6 is 0 Å². The fourth-order valence-electron chi connectivity index (χ4n) is 3.41. The van der Waals surface area contributed by atoms with Crippen LogP contribution in [0.15, 0.2) is 24.3 Å². The van der Waals surface area contributed by atoms with Gasteiger partial charge in [-0.1, -0.05) is 12.1 Å². The van der Waals surface area contributed by atoms with Gasteiger partial charge in [-0.05, 0) is 43.9 Å². The molecule has 0 bridgehead atoms. The molecule has 0 unspecified atom stereocenters. The van der Waals surface area contributed by atoms with Crippen molar-refractivity contribution in [3.63, 3.8) is 0 Å². The summed E-state index contributed by atoms with van der Waals surface area (Å²) in [6.45, 7) is 7.24. The van der Waals surface area contributed by atoms with Crippen molar-refractivity contribution in [1.82, 2.24) is 10.2 Å². The molecule has 3 rings (SSSR count). The van der Waals surface area contributed by atoms with Gasteiger partial charge >= 0.3 is 6.03 Å². The third kappa shape index (κ3) is 5.42. The fraction of sp³-hybridized carbons (Fsp3) is 0.632. The molecule has 0 spiro atoms. The Morgan fingerprint density at radius 1 is 1.24 bits per heavy atom. The molecule has 6 nitrogen and oxygen atoms in total. The standard InChI is InChI=1S/C19H29N3O3/c1-15(22-10-13-24-14-11-22)16-4-6-17(7-5-16)21-19(23)20-9-8-18-3-2-12-25-18/h4-7,15,18H,2-3,8-14H2,1H3,(H2,20,21,23)/t15-,18-/m0/s1. The maximum absolute atomic E-state index is 12.0. The lowest BCUT2D eigenvalue weighted by atomic mass is 10.1. The number of nitrogens with zero attached hydrogens (tertiary/aromatic N) is 1. The van der Waals surface area contributed by atoms with Crippen molar-refractivity contribution in [3.8, 4) is 0 Å². The van der Waals surface area contributed by atoms with Crippen LogP contribution < -0.4 is 10.6 Å². The second-order valence-electron chi connectivity index (χ2n) is 6.75. The smallest absolute Gasteiger partial charge is 0.319 e. The Hall–Kier alpha value is -1.63. The molecule has 25 heavy (non-hydrogen) atoms. The topological polar surface area (TPSA) is 62.8 Å². The molecule has 1 aromatic carbocycles. The number of anilines is 1. The maximum Gasteiger partial charge on any atom is 0.319 e. The summed E-state index contributed by atoms with van der Waals surface area (Å²) in [5.74, 6) is 0. The fourth-order valence-corrected chi connectivity index (χ4v) is 3.41. The van der Waals surface area contributed by atoms with Gasteiger partial charge in [-0.15, -0.1) is 0 Å². The second kappa shape index (κ2) is 9.17. The molecule has 6 heteroatoms. The van der Waals surface area contributed by atoms with E-state index in [4.69, 9.17) is 9.47 Å². The number of ether oxygens (including phenoxy) is 2. The second-order valence-corrected chi connectivity index (χ2v) is 6.75. The number of hydrogen-bond acceptors (Lipinski definition) is 4. The SMILES string of the molecule is C[C@@H](c1ccc(NC(=O)NCC[C@@H]2CCCO2)cc1)N1CCOCC1. The number of carbonyl (C=O) groups excluding carboxylic acids is 1. The van der Waals surface area contributed by atoms with Gasteiger partial charge in [-0.2, -0.15) is 0 Å². The van der Waals surface area contributed by atoms with Gasteiger partial charge in [0, 0.05) is 38.0 Å². The van der Waals surface area contributed by atoms with Gasteiger partial charge in [-0.3, -0.25) is 4.90 Å². The highest BCUT2D eigenvalue weighted by molar-refractivity contribution is 5.89. The molecule has 2 heterocycles. The summed E-state index contributed by atoms with van der Waals surface area (Å²) in [7, 11) is 0. The van der Waals surface area contributed by atoms with Crippen molar-refractivity contribution < 1.29 is 14.3 Å². The molecule has 2 saturated heterocycles. The first kappa shape index (κ1) is 18.2. The molecular weight excluding hydrogens is 318 g/mol. The normalized spacial score (nSPS) is 22.5. The van der Waals surface area contributed by atoms with E-state index in [9.17, 15) is 4.79 Å². The maximum atomic E-state index is 12.0. The summed E-state index contributed by atoms with van der Waals surface area (Å²) in [5, 5.41) is 5.78. The lowest BCUT2D eigenvalue weighted by Crippen LogP contribution is -2.38. The van der Waals surface area contributed by atoms with Crippen molar-refractivity contribution >= 4 is 11.7 Å². The average Bonchev–Trinajstić information content (AvgIpc) is 3.16. The summed E-state index contributed by atoms with van der Waals surface area (Å²) >= 11 is 0. The number of morpholine rings is 1. The molecule has 2 N–H and O–H groups in total. The Morgan fingerprint density at radius 3 is 2.68 bits per heavy atom. The van der Waals surface area contributed by atoms with E-state index < -0.39 is 0 Å². The zero-order valence-corrected chi connectivity index (χ0v) is 15.0. The Bertz CT molecular complexity index is 537. The number of carbonyl (C=O) groups is 1. The minimum absolute atomic E-state index is 0.160. The Kier molecular flexibility index (Phi) is 6.67. The van der Waals surface area contributed by atoms with E-state index in [0.29, 0.717) is 18.7 Å². The van der Waals surface area contributed by atoms with Gasteiger partial charge in [0.25, 0.3) is 0 Å². The largest absolute Gasteiger partial charge is 0.379 e. The molecular formula is C19H29N3O3. The van der Waals surface area contributed by atoms with Crippen molar-refractivity contribution in [2.45, 2.75) is 38.3 Å². The Balaban J connectivity index is 1.42. The molecule has 0 saturated carbocycles. The minimum Gasteiger partial charge on any atom is -0.379 e. The van der Waals surface area contributed by atoms with E-state index in [1.807, 2.05) is 12.1 Å². The summed E-state index contributed by atoms with van der Waals surface area (Å²) in [6, 6.07) is 8.30. The molecule has 138 valence electrons. The monoisotopic (exact) mass is 347 g/mol. The highest BCUT2D eigenvalue weighted by Gasteiger charge is 2.18. The van der Waals surface area contributed by atoms with Crippen molar-refractivity contribution in [3.05, 3.63) is 29.8 Å². The average molecular weight is 347 g/mol. The zero-order valence-electron chi connectivity index (χ0n) is 15.0.